The number of aldehydes is 1. The molecule has 1 unspecified atom stereocenters. The van der Waals surface area contributed by atoms with Crippen molar-refractivity contribution in [2.45, 2.75) is 39.5 Å². The monoisotopic (exact) mass is 319 g/mol. The number of hydrogen-bond acceptors (Lipinski definition) is 4. The fourth-order valence-electron chi connectivity index (χ4n) is 3.09. The Labute approximate surface area is 139 Å². The quantitative estimate of drug-likeness (QED) is 0.513. The van der Waals surface area contributed by atoms with Crippen LogP contribution in [0.3, 0.4) is 0 Å². The molecule has 0 N–H and O–H groups in total. The molecule has 0 saturated carbocycles. The molecule has 4 heteroatoms. The predicted molar refractivity (Wildman–Crippen MR) is 92.6 cm³/mol. The van der Waals surface area contributed by atoms with Gasteiger partial charge in [0.2, 0.25) is 0 Å². The number of unbranched alkanes of at least 4 members (excludes halogenated alkanes) is 1. The van der Waals surface area contributed by atoms with Gasteiger partial charge >= 0.3 is 0 Å². The second-order valence-corrected chi connectivity index (χ2v) is 6.36. The van der Waals surface area contributed by atoms with Crippen LogP contribution in [0.2, 0.25) is 0 Å². The summed E-state index contributed by atoms with van der Waals surface area (Å²) in [5.74, 6) is 2.22. The Bertz CT molecular complexity index is 490. The molecule has 1 aromatic carbocycles. The third-order valence-corrected chi connectivity index (χ3v) is 4.27. The molecule has 1 aliphatic rings. The van der Waals surface area contributed by atoms with Crippen molar-refractivity contribution >= 4 is 6.29 Å². The van der Waals surface area contributed by atoms with E-state index >= 15 is 0 Å². The Morgan fingerprint density at radius 2 is 2.13 bits per heavy atom. The average Bonchev–Trinajstić information content (AvgIpc) is 2.56. The van der Waals surface area contributed by atoms with Crippen LogP contribution in [-0.2, 0) is 0 Å². The van der Waals surface area contributed by atoms with E-state index in [4.69, 9.17) is 9.47 Å². The first-order valence-corrected chi connectivity index (χ1v) is 8.80. The fourth-order valence-corrected chi connectivity index (χ4v) is 3.09. The van der Waals surface area contributed by atoms with Gasteiger partial charge in [-0.1, -0.05) is 6.92 Å². The number of hydrogen-bond donors (Lipinski definition) is 0. The molecule has 2 rings (SSSR count). The highest BCUT2D eigenvalue weighted by Crippen LogP contribution is 2.28. The van der Waals surface area contributed by atoms with Crippen LogP contribution in [0.1, 0.15) is 49.9 Å². The summed E-state index contributed by atoms with van der Waals surface area (Å²) in [6.45, 7) is 9.16. The average molecular weight is 319 g/mol. The Kier molecular flexibility index (Phi) is 7.40. The minimum atomic E-state index is 0.561. The van der Waals surface area contributed by atoms with E-state index in [1.165, 1.54) is 25.9 Å². The van der Waals surface area contributed by atoms with Crippen molar-refractivity contribution in [2.24, 2.45) is 5.92 Å². The normalized spacial score (nSPS) is 18.6. The van der Waals surface area contributed by atoms with E-state index in [9.17, 15) is 4.79 Å². The number of ether oxygens (including phenoxy) is 2. The van der Waals surface area contributed by atoms with E-state index < -0.39 is 0 Å². The van der Waals surface area contributed by atoms with Gasteiger partial charge in [0.05, 0.1) is 13.2 Å². The van der Waals surface area contributed by atoms with E-state index in [0.717, 1.165) is 37.3 Å². The Hall–Kier alpha value is -1.55. The maximum absolute atomic E-state index is 10.8. The zero-order chi connectivity index (χ0) is 16.5. The zero-order valence-corrected chi connectivity index (χ0v) is 14.4. The molecular formula is C19H29NO3. The summed E-state index contributed by atoms with van der Waals surface area (Å²) >= 11 is 0. The fraction of sp³-hybridized carbons (Fsp3) is 0.632. The molecule has 128 valence electrons. The van der Waals surface area contributed by atoms with Crippen molar-refractivity contribution < 1.29 is 14.3 Å². The van der Waals surface area contributed by atoms with Gasteiger partial charge in [-0.2, -0.15) is 0 Å². The SMILES string of the molecule is CCOc1cc(C=O)ccc1OCCCCN1CCCC(C)C1. The molecule has 0 aromatic heterocycles. The van der Waals surface area contributed by atoms with Gasteiger partial charge in [0.25, 0.3) is 0 Å². The molecule has 1 aromatic rings. The number of piperidine rings is 1. The van der Waals surface area contributed by atoms with Gasteiger partial charge in [-0.3, -0.25) is 4.79 Å². The van der Waals surface area contributed by atoms with E-state index in [1.807, 2.05) is 13.0 Å². The van der Waals surface area contributed by atoms with Crippen LogP contribution >= 0.6 is 0 Å². The van der Waals surface area contributed by atoms with Crippen LogP contribution in [0.25, 0.3) is 0 Å². The topological polar surface area (TPSA) is 38.8 Å². The number of carbonyl (C=O) groups excluding carboxylic acids is 1. The summed E-state index contributed by atoms with van der Waals surface area (Å²) in [7, 11) is 0. The molecule has 1 fully saturated rings. The Morgan fingerprint density at radius 3 is 2.87 bits per heavy atom. The maximum Gasteiger partial charge on any atom is 0.161 e. The van der Waals surface area contributed by atoms with Crippen LogP contribution in [0.4, 0.5) is 0 Å². The smallest absolute Gasteiger partial charge is 0.161 e. The van der Waals surface area contributed by atoms with E-state index in [0.29, 0.717) is 24.5 Å². The number of nitrogens with zero attached hydrogens (tertiary/aromatic N) is 1. The van der Waals surface area contributed by atoms with Gasteiger partial charge in [-0.15, -0.1) is 0 Å². The number of likely N-dealkylation sites (tertiary alicyclic amines) is 1. The van der Waals surface area contributed by atoms with Crippen molar-refractivity contribution in [3.63, 3.8) is 0 Å². The van der Waals surface area contributed by atoms with Crippen LogP contribution in [0, 0.1) is 5.92 Å². The van der Waals surface area contributed by atoms with E-state index in [-0.39, 0.29) is 0 Å². The van der Waals surface area contributed by atoms with E-state index in [2.05, 4.69) is 11.8 Å². The van der Waals surface area contributed by atoms with Crippen LogP contribution in [0.15, 0.2) is 18.2 Å². The highest BCUT2D eigenvalue weighted by molar-refractivity contribution is 5.76. The number of carbonyl (C=O) groups is 1. The summed E-state index contributed by atoms with van der Waals surface area (Å²) in [6, 6.07) is 5.32. The van der Waals surface area contributed by atoms with Gasteiger partial charge in [0.15, 0.2) is 11.5 Å². The molecule has 0 amide bonds. The summed E-state index contributed by atoms with van der Waals surface area (Å²) in [5.41, 5.74) is 0.611. The molecule has 0 radical (unpaired) electrons. The van der Waals surface area contributed by atoms with E-state index in [1.54, 1.807) is 12.1 Å². The van der Waals surface area contributed by atoms with Crippen molar-refractivity contribution in [2.75, 3.05) is 32.8 Å². The van der Waals surface area contributed by atoms with Crippen molar-refractivity contribution in [1.82, 2.24) is 4.90 Å². The molecule has 23 heavy (non-hydrogen) atoms. The van der Waals surface area contributed by atoms with Crippen LogP contribution in [0.5, 0.6) is 11.5 Å². The lowest BCUT2D eigenvalue weighted by molar-refractivity contribution is 0.112. The third kappa shape index (κ3) is 5.87. The molecule has 1 heterocycles. The number of benzene rings is 1. The third-order valence-electron chi connectivity index (χ3n) is 4.27. The lowest BCUT2D eigenvalue weighted by atomic mass is 10.0. The Balaban J connectivity index is 1.72. The summed E-state index contributed by atoms with van der Waals surface area (Å²) in [6.07, 6.45) is 5.72. The molecular weight excluding hydrogens is 290 g/mol. The number of rotatable bonds is 9. The molecule has 1 saturated heterocycles. The minimum Gasteiger partial charge on any atom is -0.490 e. The molecule has 0 bridgehead atoms. The van der Waals surface area contributed by atoms with Gasteiger partial charge in [0.1, 0.15) is 6.29 Å². The van der Waals surface area contributed by atoms with Crippen LogP contribution < -0.4 is 9.47 Å². The highest BCUT2D eigenvalue weighted by atomic mass is 16.5. The minimum absolute atomic E-state index is 0.561. The lowest BCUT2D eigenvalue weighted by Gasteiger charge is -2.30. The van der Waals surface area contributed by atoms with Crippen molar-refractivity contribution in [1.29, 1.82) is 0 Å². The van der Waals surface area contributed by atoms with Crippen LogP contribution in [-0.4, -0.2) is 44.0 Å². The maximum atomic E-state index is 10.8. The predicted octanol–water partition coefficient (Wildman–Crippen LogP) is 3.79. The summed E-state index contributed by atoms with van der Waals surface area (Å²) < 4.78 is 11.4. The van der Waals surface area contributed by atoms with Crippen molar-refractivity contribution in [3.8, 4) is 11.5 Å². The summed E-state index contributed by atoms with van der Waals surface area (Å²) in [5, 5.41) is 0. The molecule has 1 atom stereocenters. The molecule has 0 aliphatic carbocycles. The lowest BCUT2D eigenvalue weighted by Crippen LogP contribution is -2.35. The van der Waals surface area contributed by atoms with Crippen molar-refractivity contribution in [3.05, 3.63) is 23.8 Å². The largest absolute Gasteiger partial charge is 0.490 e. The first-order valence-electron chi connectivity index (χ1n) is 8.80. The molecule has 1 aliphatic heterocycles. The molecule has 0 spiro atoms. The first kappa shape index (κ1) is 17.8. The van der Waals surface area contributed by atoms with Gasteiger partial charge in [-0.25, -0.2) is 0 Å². The second-order valence-electron chi connectivity index (χ2n) is 6.36. The van der Waals surface area contributed by atoms with Gasteiger partial charge < -0.3 is 14.4 Å². The standard InChI is InChI=1S/C19H29NO3/c1-3-22-19-13-17(15-21)8-9-18(19)23-12-5-4-10-20-11-6-7-16(2)14-20/h8-9,13,15-16H,3-7,10-12,14H2,1-2H3. The van der Waals surface area contributed by atoms with Gasteiger partial charge in [-0.05, 0) is 69.8 Å². The highest BCUT2D eigenvalue weighted by Gasteiger charge is 2.15. The Morgan fingerprint density at radius 1 is 1.26 bits per heavy atom. The second kappa shape index (κ2) is 9.56. The first-order chi connectivity index (χ1) is 11.2. The zero-order valence-electron chi connectivity index (χ0n) is 14.4. The molecule has 4 nitrogen and oxygen atoms in total. The summed E-state index contributed by atoms with van der Waals surface area (Å²) in [4.78, 5) is 13.4. The van der Waals surface area contributed by atoms with Gasteiger partial charge in [0, 0.05) is 12.1 Å².